The number of aryl methyl sites for hydroxylation is 1. The molecule has 1 aliphatic heterocycles. The molecule has 1 heterocycles. The van der Waals surface area contributed by atoms with Gasteiger partial charge in [0, 0.05) is 5.75 Å². The van der Waals surface area contributed by atoms with Gasteiger partial charge in [-0.2, -0.15) is 0 Å². The molecule has 1 saturated heterocycles. The first kappa shape index (κ1) is 21.9. The zero-order valence-electron chi connectivity index (χ0n) is 16.3. The van der Waals surface area contributed by atoms with E-state index in [1.54, 1.807) is 0 Å². The molecular formula is C22H24N2O5S. The molecule has 3 N–H and O–H groups in total. The van der Waals surface area contributed by atoms with Gasteiger partial charge in [0.15, 0.2) is 0 Å². The molecule has 158 valence electrons. The summed E-state index contributed by atoms with van der Waals surface area (Å²) in [5.74, 6) is -2.16. The molecular weight excluding hydrogens is 404 g/mol. The van der Waals surface area contributed by atoms with Crippen LogP contribution in [-0.2, 0) is 20.8 Å². The fourth-order valence-electron chi connectivity index (χ4n) is 3.46. The summed E-state index contributed by atoms with van der Waals surface area (Å²) in [6.45, 7) is -0.439. The minimum absolute atomic E-state index is 0.328. The average molecular weight is 429 g/mol. The van der Waals surface area contributed by atoms with E-state index >= 15 is 0 Å². The standard InChI is InChI=1S/C22H24N2O5S/c25-19(26)13-24-20(27)18(14-30-21(24)16-9-5-2-6-10-16)23-17(22(28)29)12-11-15-7-3-1-4-8-15/h1-10,17-18,21,23H,11-14H2,(H,25,26)(H,28,29)/t17?,18?,21-/m1/s1. The number of aliphatic carboxylic acids is 2. The summed E-state index contributed by atoms with van der Waals surface area (Å²) in [5.41, 5.74) is 1.86. The van der Waals surface area contributed by atoms with Crippen molar-refractivity contribution >= 4 is 29.6 Å². The maximum atomic E-state index is 13.1. The minimum Gasteiger partial charge on any atom is -0.480 e. The first-order valence-corrected chi connectivity index (χ1v) is 10.7. The fraction of sp³-hybridized carbons (Fsp3) is 0.318. The van der Waals surface area contributed by atoms with Crippen molar-refractivity contribution in [2.45, 2.75) is 30.3 Å². The largest absolute Gasteiger partial charge is 0.480 e. The molecule has 2 unspecified atom stereocenters. The number of carboxylic acids is 2. The van der Waals surface area contributed by atoms with Gasteiger partial charge < -0.3 is 15.1 Å². The summed E-state index contributed by atoms with van der Waals surface area (Å²) in [7, 11) is 0. The number of nitrogens with zero attached hydrogens (tertiary/aromatic N) is 1. The summed E-state index contributed by atoms with van der Waals surface area (Å²) in [6.07, 6.45) is 0.888. The molecule has 2 aromatic rings. The first-order valence-electron chi connectivity index (χ1n) is 9.67. The molecule has 1 fully saturated rings. The van der Waals surface area contributed by atoms with E-state index in [0.29, 0.717) is 18.6 Å². The Morgan fingerprint density at radius 1 is 1.07 bits per heavy atom. The Hall–Kier alpha value is -2.84. The summed E-state index contributed by atoms with van der Waals surface area (Å²) in [6, 6.07) is 17.1. The van der Waals surface area contributed by atoms with Gasteiger partial charge in [-0.1, -0.05) is 60.7 Å². The lowest BCUT2D eigenvalue weighted by Crippen LogP contribution is -2.57. The van der Waals surface area contributed by atoms with Crippen LogP contribution < -0.4 is 5.32 Å². The van der Waals surface area contributed by atoms with E-state index in [-0.39, 0.29) is 0 Å². The van der Waals surface area contributed by atoms with Gasteiger partial charge in [-0.05, 0) is 24.0 Å². The second-order valence-electron chi connectivity index (χ2n) is 7.09. The van der Waals surface area contributed by atoms with Gasteiger partial charge in [-0.3, -0.25) is 19.7 Å². The van der Waals surface area contributed by atoms with E-state index < -0.39 is 41.8 Å². The molecule has 2 aromatic carbocycles. The topological polar surface area (TPSA) is 107 Å². The lowest BCUT2D eigenvalue weighted by Gasteiger charge is -2.39. The van der Waals surface area contributed by atoms with E-state index in [4.69, 9.17) is 0 Å². The fourth-order valence-corrected chi connectivity index (χ4v) is 4.78. The lowest BCUT2D eigenvalue weighted by molar-refractivity contribution is -0.147. The molecule has 0 aromatic heterocycles. The number of hydrogen-bond donors (Lipinski definition) is 3. The summed E-state index contributed by atoms with van der Waals surface area (Å²) in [4.78, 5) is 37.5. The van der Waals surface area contributed by atoms with Crippen molar-refractivity contribution < 1.29 is 24.6 Å². The molecule has 3 atom stereocenters. The van der Waals surface area contributed by atoms with Gasteiger partial charge in [0.2, 0.25) is 5.91 Å². The van der Waals surface area contributed by atoms with Gasteiger partial charge in [0.25, 0.3) is 0 Å². The van der Waals surface area contributed by atoms with Crippen LogP contribution in [0.1, 0.15) is 22.9 Å². The maximum Gasteiger partial charge on any atom is 0.323 e. The number of thioether (sulfide) groups is 1. The van der Waals surface area contributed by atoms with E-state index in [1.807, 2.05) is 60.7 Å². The molecule has 3 rings (SSSR count). The highest BCUT2D eigenvalue weighted by Gasteiger charge is 2.39. The van der Waals surface area contributed by atoms with E-state index in [9.17, 15) is 24.6 Å². The summed E-state index contributed by atoms with van der Waals surface area (Å²) >= 11 is 1.43. The van der Waals surface area contributed by atoms with Crippen LogP contribution in [0.4, 0.5) is 0 Å². The molecule has 30 heavy (non-hydrogen) atoms. The van der Waals surface area contributed by atoms with Crippen LogP contribution in [0.2, 0.25) is 0 Å². The maximum absolute atomic E-state index is 13.1. The molecule has 1 aliphatic rings. The molecule has 0 spiro atoms. The van der Waals surface area contributed by atoms with Crippen molar-refractivity contribution in [1.29, 1.82) is 0 Å². The van der Waals surface area contributed by atoms with Crippen molar-refractivity contribution in [2.24, 2.45) is 0 Å². The Balaban J connectivity index is 1.71. The van der Waals surface area contributed by atoms with Crippen molar-refractivity contribution in [1.82, 2.24) is 10.2 Å². The number of carboxylic acid groups (broad SMARTS) is 2. The monoisotopic (exact) mass is 428 g/mol. The Morgan fingerprint density at radius 2 is 1.70 bits per heavy atom. The van der Waals surface area contributed by atoms with Crippen molar-refractivity contribution in [3.05, 3.63) is 71.8 Å². The molecule has 0 bridgehead atoms. The lowest BCUT2D eigenvalue weighted by atomic mass is 10.0. The van der Waals surface area contributed by atoms with Gasteiger partial charge in [-0.25, -0.2) is 0 Å². The number of benzene rings is 2. The van der Waals surface area contributed by atoms with Gasteiger partial charge >= 0.3 is 11.9 Å². The number of carbonyl (C=O) groups excluding carboxylic acids is 1. The Labute approximate surface area is 179 Å². The molecule has 7 nitrogen and oxygen atoms in total. The minimum atomic E-state index is -1.11. The number of nitrogens with one attached hydrogen (secondary N) is 1. The quantitative estimate of drug-likeness (QED) is 0.563. The van der Waals surface area contributed by atoms with Crippen molar-refractivity contribution in [2.75, 3.05) is 12.3 Å². The van der Waals surface area contributed by atoms with Crippen molar-refractivity contribution in [3.63, 3.8) is 0 Å². The Morgan fingerprint density at radius 3 is 2.30 bits per heavy atom. The SMILES string of the molecule is O=C(O)CN1C(=O)C(NC(CCc2ccccc2)C(=O)O)CS[C@@H]1c1ccccc1. The third-order valence-corrected chi connectivity index (χ3v) is 6.31. The van der Waals surface area contributed by atoms with E-state index in [0.717, 1.165) is 11.1 Å². The summed E-state index contributed by atoms with van der Waals surface area (Å²) in [5, 5.41) is 21.4. The Bertz CT molecular complexity index is 878. The highest BCUT2D eigenvalue weighted by atomic mass is 32.2. The zero-order valence-corrected chi connectivity index (χ0v) is 17.1. The number of hydrogen-bond acceptors (Lipinski definition) is 5. The molecule has 8 heteroatoms. The van der Waals surface area contributed by atoms with Crippen LogP contribution >= 0.6 is 11.8 Å². The second-order valence-corrected chi connectivity index (χ2v) is 8.20. The zero-order chi connectivity index (χ0) is 21.5. The predicted octanol–water partition coefficient (Wildman–Crippen LogP) is 2.39. The van der Waals surface area contributed by atoms with Crippen LogP contribution in [0.5, 0.6) is 0 Å². The molecule has 0 saturated carbocycles. The smallest absolute Gasteiger partial charge is 0.323 e. The molecule has 0 radical (unpaired) electrons. The number of amides is 1. The van der Waals surface area contributed by atoms with Crippen LogP contribution in [0.3, 0.4) is 0 Å². The van der Waals surface area contributed by atoms with Crippen LogP contribution in [0, 0.1) is 0 Å². The predicted molar refractivity (Wildman–Crippen MR) is 114 cm³/mol. The van der Waals surface area contributed by atoms with Gasteiger partial charge in [-0.15, -0.1) is 11.8 Å². The van der Waals surface area contributed by atoms with Gasteiger partial charge in [0.1, 0.15) is 18.0 Å². The van der Waals surface area contributed by atoms with Crippen LogP contribution in [0.15, 0.2) is 60.7 Å². The van der Waals surface area contributed by atoms with E-state index in [2.05, 4.69) is 5.32 Å². The highest BCUT2D eigenvalue weighted by Crippen LogP contribution is 2.37. The second kappa shape index (κ2) is 10.3. The third kappa shape index (κ3) is 5.61. The number of rotatable bonds is 9. The van der Waals surface area contributed by atoms with Crippen LogP contribution in [-0.4, -0.2) is 57.3 Å². The normalized spacial score (nSPS) is 20.0. The summed E-state index contributed by atoms with van der Waals surface area (Å²) < 4.78 is 0. The third-order valence-electron chi connectivity index (χ3n) is 4.94. The van der Waals surface area contributed by atoms with E-state index in [1.165, 1.54) is 16.7 Å². The van der Waals surface area contributed by atoms with Crippen LogP contribution in [0.25, 0.3) is 0 Å². The Kier molecular flexibility index (Phi) is 7.48. The first-order chi connectivity index (χ1) is 14.5. The average Bonchev–Trinajstić information content (AvgIpc) is 2.74. The number of carbonyl (C=O) groups is 3. The molecule has 0 aliphatic carbocycles. The van der Waals surface area contributed by atoms with Gasteiger partial charge in [0.05, 0.1) is 6.04 Å². The molecule has 1 amide bonds. The highest BCUT2D eigenvalue weighted by molar-refractivity contribution is 7.99. The van der Waals surface area contributed by atoms with Crippen molar-refractivity contribution in [3.8, 4) is 0 Å².